The van der Waals surface area contributed by atoms with Crippen molar-refractivity contribution < 1.29 is 14.7 Å². The van der Waals surface area contributed by atoms with Crippen molar-refractivity contribution in [3.8, 4) is 10.4 Å². The first-order chi connectivity index (χ1) is 8.11. The van der Waals surface area contributed by atoms with Gasteiger partial charge in [-0.05, 0) is 18.4 Å². The Bertz CT molecular complexity index is 584. The van der Waals surface area contributed by atoms with Crippen LogP contribution < -0.4 is 0 Å². The van der Waals surface area contributed by atoms with Crippen LogP contribution in [0.25, 0.3) is 10.4 Å². The molecule has 17 heavy (non-hydrogen) atoms. The Morgan fingerprint density at radius 3 is 2.47 bits per heavy atom. The molecule has 0 aliphatic heterocycles. The van der Waals surface area contributed by atoms with Crippen LogP contribution in [0, 0.1) is 0 Å². The lowest BCUT2D eigenvalue weighted by atomic mass is 10.0. The molecule has 2 rings (SSSR count). The van der Waals surface area contributed by atoms with Gasteiger partial charge in [-0.15, -0.1) is 11.3 Å². The number of hydrogen-bond acceptors (Lipinski definition) is 3. The van der Waals surface area contributed by atoms with Gasteiger partial charge in [0.25, 0.3) is 0 Å². The van der Waals surface area contributed by atoms with E-state index in [0.717, 1.165) is 0 Å². The smallest absolute Gasteiger partial charge is 0.337 e. The number of carbonyl (C=O) groups is 2. The largest absolute Gasteiger partial charge is 0.478 e. The van der Waals surface area contributed by atoms with Crippen LogP contribution in [0.5, 0.6) is 0 Å². The zero-order chi connectivity index (χ0) is 12.4. The first-order valence-corrected chi connectivity index (χ1v) is 5.90. The molecule has 1 aromatic heterocycles. The molecule has 0 saturated carbocycles. The molecule has 0 saturated heterocycles. The monoisotopic (exact) mass is 246 g/mol. The van der Waals surface area contributed by atoms with Crippen LogP contribution in [0.4, 0.5) is 0 Å². The summed E-state index contributed by atoms with van der Waals surface area (Å²) in [5, 5.41) is 10.8. The molecule has 2 aromatic rings. The summed E-state index contributed by atoms with van der Waals surface area (Å²) in [4.78, 5) is 23.2. The normalized spacial score (nSPS) is 10.2. The van der Waals surface area contributed by atoms with Crippen molar-refractivity contribution >= 4 is 23.1 Å². The number of ketones is 1. The van der Waals surface area contributed by atoms with Gasteiger partial charge in [-0.2, -0.15) is 0 Å². The van der Waals surface area contributed by atoms with E-state index in [1.807, 2.05) is 0 Å². The minimum Gasteiger partial charge on any atom is -0.478 e. The number of carbonyl (C=O) groups excluding carboxylic acids is 1. The molecule has 1 N–H and O–H groups in total. The van der Waals surface area contributed by atoms with Crippen LogP contribution in [0.1, 0.15) is 27.6 Å². The summed E-state index contributed by atoms with van der Waals surface area (Å²) in [5.74, 6) is -1.04. The minimum atomic E-state index is -0.973. The molecule has 0 aliphatic carbocycles. The average Bonchev–Trinajstić information content (AvgIpc) is 2.77. The van der Waals surface area contributed by atoms with E-state index in [2.05, 4.69) is 0 Å². The Balaban J connectivity index is 2.64. The van der Waals surface area contributed by atoms with E-state index >= 15 is 0 Å². The molecule has 0 unspecified atom stereocenters. The summed E-state index contributed by atoms with van der Waals surface area (Å²) >= 11 is 1.33. The van der Waals surface area contributed by atoms with E-state index in [-0.39, 0.29) is 11.3 Å². The van der Waals surface area contributed by atoms with Gasteiger partial charge in [0.1, 0.15) is 0 Å². The molecule has 0 aliphatic rings. The molecule has 1 heterocycles. The Hall–Kier alpha value is -1.94. The summed E-state index contributed by atoms with van der Waals surface area (Å²) in [6.45, 7) is 1.48. The fourth-order valence-electron chi connectivity index (χ4n) is 1.67. The zero-order valence-corrected chi connectivity index (χ0v) is 9.95. The fraction of sp³-hybridized carbons (Fsp3) is 0.0769. The number of carboxylic acid groups (broad SMARTS) is 1. The molecular weight excluding hydrogens is 236 g/mol. The van der Waals surface area contributed by atoms with E-state index in [0.29, 0.717) is 16.0 Å². The van der Waals surface area contributed by atoms with E-state index in [1.54, 1.807) is 35.7 Å². The highest BCUT2D eigenvalue weighted by Gasteiger charge is 2.16. The molecule has 0 amide bonds. The summed E-state index contributed by atoms with van der Waals surface area (Å²) in [6.07, 6.45) is 0. The van der Waals surface area contributed by atoms with Gasteiger partial charge in [0.2, 0.25) is 0 Å². The molecule has 3 nitrogen and oxygen atoms in total. The van der Waals surface area contributed by atoms with Crippen LogP contribution in [-0.4, -0.2) is 16.9 Å². The number of hydrogen-bond donors (Lipinski definition) is 1. The van der Waals surface area contributed by atoms with Crippen molar-refractivity contribution in [3.63, 3.8) is 0 Å². The van der Waals surface area contributed by atoms with E-state index in [1.165, 1.54) is 18.3 Å². The highest BCUT2D eigenvalue weighted by molar-refractivity contribution is 7.14. The van der Waals surface area contributed by atoms with E-state index in [9.17, 15) is 9.59 Å². The maximum atomic E-state index is 11.5. The molecule has 4 heteroatoms. The van der Waals surface area contributed by atoms with Gasteiger partial charge in [0.05, 0.1) is 5.56 Å². The van der Waals surface area contributed by atoms with Crippen molar-refractivity contribution in [2.75, 3.05) is 0 Å². The maximum Gasteiger partial charge on any atom is 0.337 e. The highest BCUT2D eigenvalue weighted by Crippen LogP contribution is 2.32. The van der Waals surface area contributed by atoms with Gasteiger partial charge < -0.3 is 5.11 Å². The molecule has 0 bridgehead atoms. The highest BCUT2D eigenvalue weighted by atomic mass is 32.1. The van der Waals surface area contributed by atoms with Gasteiger partial charge in [-0.25, -0.2) is 4.79 Å². The van der Waals surface area contributed by atoms with Gasteiger partial charge in [0.15, 0.2) is 5.78 Å². The second kappa shape index (κ2) is 4.51. The number of aromatic carboxylic acids is 1. The lowest BCUT2D eigenvalue weighted by molar-refractivity contribution is 0.0698. The second-order valence-corrected chi connectivity index (χ2v) is 4.49. The quantitative estimate of drug-likeness (QED) is 0.845. The van der Waals surface area contributed by atoms with Crippen LogP contribution >= 0.6 is 11.3 Å². The van der Waals surface area contributed by atoms with Crippen molar-refractivity contribution in [2.45, 2.75) is 6.92 Å². The number of rotatable bonds is 3. The number of thiophene rings is 1. The zero-order valence-electron chi connectivity index (χ0n) is 9.14. The Morgan fingerprint density at radius 1 is 1.12 bits per heavy atom. The Kier molecular flexibility index (Phi) is 3.06. The van der Waals surface area contributed by atoms with E-state index in [4.69, 9.17) is 5.11 Å². The number of benzene rings is 1. The van der Waals surface area contributed by atoms with Crippen molar-refractivity contribution in [1.29, 1.82) is 0 Å². The third kappa shape index (κ3) is 2.12. The van der Waals surface area contributed by atoms with Gasteiger partial charge >= 0.3 is 5.97 Å². The van der Waals surface area contributed by atoms with Crippen LogP contribution in [0.2, 0.25) is 0 Å². The third-order valence-corrected chi connectivity index (χ3v) is 3.39. The molecule has 86 valence electrons. The molecule has 0 spiro atoms. The third-order valence-electron chi connectivity index (χ3n) is 2.45. The van der Waals surface area contributed by atoms with Gasteiger partial charge in [0, 0.05) is 16.0 Å². The van der Waals surface area contributed by atoms with Crippen LogP contribution in [0.3, 0.4) is 0 Å². The minimum absolute atomic E-state index is 0.0645. The van der Waals surface area contributed by atoms with Crippen molar-refractivity contribution in [1.82, 2.24) is 0 Å². The van der Waals surface area contributed by atoms with Crippen LogP contribution in [0.15, 0.2) is 35.7 Å². The maximum absolute atomic E-state index is 11.5. The summed E-state index contributed by atoms with van der Waals surface area (Å²) in [7, 11) is 0. The topological polar surface area (TPSA) is 54.4 Å². The predicted molar refractivity (Wildman–Crippen MR) is 66.7 cm³/mol. The second-order valence-electron chi connectivity index (χ2n) is 3.57. The Labute approximate surface area is 102 Å². The summed E-state index contributed by atoms with van der Waals surface area (Å²) in [6, 6.07) is 8.61. The lowest BCUT2D eigenvalue weighted by Gasteiger charge is -2.05. The predicted octanol–water partition coefficient (Wildman–Crippen LogP) is 3.32. The molecule has 0 fully saturated rings. The van der Waals surface area contributed by atoms with Gasteiger partial charge in [-0.3, -0.25) is 4.79 Å². The number of Topliss-reactive ketones (excluding diaryl/α,β-unsaturated/α-hetero) is 1. The SMILES string of the molecule is CC(=O)c1ccccc1-c1sccc1C(=O)O. The fourth-order valence-corrected chi connectivity index (χ4v) is 2.60. The lowest BCUT2D eigenvalue weighted by Crippen LogP contribution is -1.99. The standard InChI is InChI=1S/C13H10O3S/c1-8(14)9-4-2-3-5-10(9)12-11(13(15)16)6-7-17-12/h2-7H,1H3,(H,15,16). The number of carboxylic acids is 1. The van der Waals surface area contributed by atoms with Crippen LogP contribution in [-0.2, 0) is 0 Å². The summed E-state index contributed by atoms with van der Waals surface area (Å²) < 4.78 is 0. The summed E-state index contributed by atoms with van der Waals surface area (Å²) in [5.41, 5.74) is 1.48. The first-order valence-electron chi connectivity index (χ1n) is 5.02. The molecule has 0 radical (unpaired) electrons. The van der Waals surface area contributed by atoms with Crippen molar-refractivity contribution in [2.24, 2.45) is 0 Å². The van der Waals surface area contributed by atoms with Gasteiger partial charge in [-0.1, -0.05) is 24.3 Å². The average molecular weight is 246 g/mol. The molecular formula is C13H10O3S. The van der Waals surface area contributed by atoms with Crippen molar-refractivity contribution in [3.05, 3.63) is 46.8 Å². The Morgan fingerprint density at radius 2 is 1.82 bits per heavy atom. The molecule has 1 aromatic carbocycles. The van der Waals surface area contributed by atoms with E-state index < -0.39 is 5.97 Å². The first kappa shape index (κ1) is 11.5. The molecule has 0 atom stereocenters.